The second-order valence-electron chi connectivity index (χ2n) is 6.06. The van der Waals surface area contributed by atoms with Gasteiger partial charge in [-0.05, 0) is 60.7 Å². The molecular weight excluding hydrogens is 403 g/mol. The van der Waals surface area contributed by atoms with Crippen LogP contribution in [-0.4, -0.2) is 15.9 Å². The number of pyridine rings is 1. The summed E-state index contributed by atoms with van der Waals surface area (Å²) in [5.41, 5.74) is 1.39. The van der Waals surface area contributed by atoms with E-state index in [9.17, 15) is 14.4 Å². The van der Waals surface area contributed by atoms with Crippen LogP contribution in [0.2, 0.25) is 0 Å². The zero-order valence-corrected chi connectivity index (χ0v) is 16.2. The van der Waals surface area contributed by atoms with Gasteiger partial charge in [-0.25, -0.2) is 9.37 Å². The Morgan fingerprint density at radius 2 is 1.77 bits per heavy atom. The predicted molar refractivity (Wildman–Crippen MR) is 113 cm³/mol. The van der Waals surface area contributed by atoms with Crippen LogP contribution in [0, 0.1) is 17.1 Å². The Hall–Kier alpha value is -4.09. The zero-order chi connectivity index (χ0) is 20.9. The average molecular weight is 418 g/mol. The first kappa shape index (κ1) is 19.2. The van der Waals surface area contributed by atoms with Gasteiger partial charge >= 0.3 is 0 Å². The Morgan fingerprint density at radius 3 is 2.40 bits per heavy atom. The SMILES string of the molecule is N#Cc1sc(NC(=O)c2ccc(Oc3ccc(F)cc3)cc2)nc1-c1ccccn1.[HH]. The first-order chi connectivity index (χ1) is 14.6. The Kier molecular flexibility index (Phi) is 5.46. The quantitative estimate of drug-likeness (QED) is 0.462. The van der Waals surface area contributed by atoms with Crippen LogP contribution in [0.25, 0.3) is 11.4 Å². The summed E-state index contributed by atoms with van der Waals surface area (Å²) in [6.07, 6.45) is 1.61. The highest BCUT2D eigenvalue weighted by atomic mass is 32.1. The molecule has 30 heavy (non-hydrogen) atoms. The van der Waals surface area contributed by atoms with Crippen LogP contribution in [0.1, 0.15) is 16.7 Å². The molecule has 0 atom stereocenters. The van der Waals surface area contributed by atoms with Gasteiger partial charge in [-0.2, -0.15) is 5.26 Å². The van der Waals surface area contributed by atoms with E-state index in [2.05, 4.69) is 21.4 Å². The van der Waals surface area contributed by atoms with E-state index >= 15 is 0 Å². The van der Waals surface area contributed by atoms with Crippen molar-refractivity contribution in [3.8, 4) is 29.0 Å². The molecule has 0 fully saturated rings. The molecule has 2 aromatic heterocycles. The monoisotopic (exact) mass is 418 g/mol. The van der Waals surface area contributed by atoms with Crippen LogP contribution in [0.5, 0.6) is 11.5 Å². The minimum absolute atomic E-state index is 0. The molecule has 4 aromatic rings. The smallest absolute Gasteiger partial charge is 0.257 e. The first-order valence-electron chi connectivity index (χ1n) is 8.79. The van der Waals surface area contributed by atoms with Gasteiger partial charge < -0.3 is 4.74 Å². The molecule has 0 unspecified atom stereocenters. The number of nitriles is 1. The molecule has 2 heterocycles. The molecule has 0 bridgehead atoms. The first-order valence-corrected chi connectivity index (χ1v) is 9.61. The molecule has 8 heteroatoms. The minimum Gasteiger partial charge on any atom is -0.457 e. The van der Waals surface area contributed by atoms with Crippen molar-refractivity contribution in [2.75, 3.05) is 5.32 Å². The topological polar surface area (TPSA) is 87.9 Å². The number of hydrogen-bond acceptors (Lipinski definition) is 6. The molecule has 2 aromatic carbocycles. The number of anilines is 1. The number of amides is 1. The summed E-state index contributed by atoms with van der Waals surface area (Å²) in [4.78, 5) is 21.5. The van der Waals surface area contributed by atoms with E-state index in [0.29, 0.717) is 38.5 Å². The summed E-state index contributed by atoms with van der Waals surface area (Å²) in [5.74, 6) is 0.288. The van der Waals surface area contributed by atoms with Gasteiger partial charge in [0.15, 0.2) is 5.13 Å². The van der Waals surface area contributed by atoms with Gasteiger partial charge in [-0.1, -0.05) is 17.4 Å². The standard InChI is InChI=1S/C22H13FN4O2S.H2/c23-15-6-10-17(11-7-15)29-16-8-4-14(5-9-16)21(28)27-22-26-20(19(13-24)30-22)18-3-1-2-12-25-18;/h1-12H,(H,26,27,28);1H. The van der Waals surface area contributed by atoms with Gasteiger partial charge in [0.2, 0.25) is 0 Å². The fraction of sp³-hybridized carbons (Fsp3) is 0. The summed E-state index contributed by atoms with van der Waals surface area (Å²) in [6.45, 7) is 0. The van der Waals surface area contributed by atoms with Crippen molar-refractivity contribution < 1.29 is 15.3 Å². The maximum Gasteiger partial charge on any atom is 0.257 e. The predicted octanol–water partition coefficient (Wildman–Crippen LogP) is 5.51. The Morgan fingerprint density at radius 1 is 1.07 bits per heavy atom. The molecule has 0 saturated carbocycles. The van der Waals surface area contributed by atoms with Crippen molar-refractivity contribution in [3.05, 3.63) is 89.2 Å². The fourth-order valence-electron chi connectivity index (χ4n) is 2.61. The number of thiazole rings is 1. The van der Waals surface area contributed by atoms with E-state index in [1.807, 2.05) is 0 Å². The number of hydrogen-bond donors (Lipinski definition) is 1. The maximum atomic E-state index is 13.0. The van der Waals surface area contributed by atoms with Crippen LogP contribution in [-0.2, 0) is 0 Å². The number of nitrogens with zero attached hydrogens (tertiary/aromatic N) is 3. The fourth-order valence-corrected chi connectivity index (χ4v) is 3.37. The van der Waals surface area contributed by atoms with E-state index in [-0.39, 0.29) is 13.2 Å². The molecule has 0 aliphatic rings. The van der Waals surface area contributed by atoms with Crippen molar-refractivity contribution in [2.45, 2.75) is 0 Å². The highest BCUT2D eigenvalue weighted by Gasteiger charge is 2.16. The molecule has 0 saturated heterocycles. The number of carbonyl (C=O) groups excluding carboxylic acids is 1. The van der Waals surface area contributed by atoms with E-state index in [1.165, 1.54) is 24.3 Å². The lowest BCUT2D eigenvalue weighted by molar-refractivity contribution is 0.102. The van der Waals surface area contributed by atoms with Crippen LogP contribution in [0.15, 0.2) is 72.9 Å². The summed E-state index contributed by atoms with van der Waals surface area (Å²) < 4.78 is 18.6. The van der Waals surface area contributed by atoms with Crippen molar-refractivity contribution in [3.63, 3.8) is 0 Å². The number of nitrogens with one attached hydrogen (secondary N) is 1. The lowest BCUT2D eigenvalue weighted by atomic mass is 10.2. The number of rotatable bonds is 5. The molecular formula is C22H15FN4O2S. The van der Waals surface area contributed by atoms with Crippen LogP contribution in [0.3, 0.4) is 0 Å². The van der Waals surface area contributed by atoms with Gasteiger partial charge in [0.1, 0.15) is 34.0 Å². The maximum absolute atomic E-state index is 13.0. The van der Waals surface area contributed by atoms with Crippen molar-refractivity contribution in [1.29, 1.82) is 5.26 Å². The Balaban J connectivity index is 0.00000272. The Bertz CT molecular complexity index is 1220. The molecule has 1 amide bonds. The Labute approximate surface area is 176 Å². The normalized spacial score (nSPS) is 10.3. The average Bonchev–Trinajstić information content (AvgIpc) is 3.19. The van der Waals surface area contributed by atoms with Gasteiger partial charge in [-0.15, -0.1) is 0 Å². The summed E-state index contributed by atoms with van der Waals surface area (Å²) >= 11 is 1.08. The van der Waals surface area contributed by atoms with Gasteiger partial charge in [0, 0.05) is 13.2 Å². The number of aromatic nitrogens is 2. The second-order valence-corrected chi connectivity index (χ2v) is 7.06. The number of carbonyl (C=O) groups is 1. The van der Waals surface area contributed by atoms with Crippen molar-refractivity contribution >= 4 is 22.4 Å². The van der Waals surface area contributed by atoms with Crippen LogP contribution < -0.4 is 10.1 Å². The minimum atomic E-state index is -0.367. The lowest BCUT2D eigenvalue weighted by Gasteiger charge is -2.06. The third-order valence-electron chi connectivity index (χ3n) is 4.02. The molecule has 0 aliphatic heterocycles. The third-order valence-corrected chi connectivity index (χ3v) is 4.90. The molecule has 1 N–H and O–H groups in total. The molecule has 6 nitrogen and oxygen atoms in total. The largest absolute Gasteiger partial charge is 0.457 e. The molecule has 148 valence electrons. The van der Waals surface area contributed by atoms with Crippen LogP contribution in [0.4, 0.5) is 9.52 Å². The van der Waals surface area contributed by atoms with Gasteiger partial charge in [0.25, 0.3) is 5.91 Å². The van der Waals surface area contributed by atoms with Gasteiger partial charge in [-0.3, -0.25) is 15.1 Å². The third kappa shape index (κ3) is 4.32. The highest BCUT2D eigenvalue weighted by Crippen LogP contribution is 2.29. The molecule has 0 radical (unpaired) electrons. The summed E-state index contributed by atoms with van der Waals surface area (Å²) in [5, 5.41) is 12.4. The zero-order valence-electron chi connectivity index (χ0n) is 15.4. The van der Waals surface area contributed by atoms with Gasteiger partial charge in [0.05, 0.1) is 5.69 Å². The highest BCUT2D eigenvalue weighted by molar-refractivity contribution is 7.16. The van der Waals surface area contributed by atoms with E-state index in [0.717, 1.165) is 11.3 Å². The molecule has 0 spiro atoms. The van der Waals surface area contributed by atoms with Crippen LogP contribution >= 0.6 is 11.3 Å². The lowest BCUT2D eigenvalue weighted by Crippen LogP contribution is -2.11. The number of halogens is 1. The van der Waals surface area contributed by atoms with E-state index in [4.69, 9.17) is 4.74 Å². The second kappa shape index (κ2) is 8.51. The van der Waals surface area contributed by atoms with E-state index < -0.39 is 0 Å². The molecule has 0 aliphatic carbocycles. The van der Waals surface area contributed by atoms with E-state index in [1.54, 1.807) is 48.7 Å². The number of benzene rings is 2. The summed E-state index contributed by atoms with van der Waals surface area (Å²) in [6, 6.07) is 19.5. The van der Waals surface area contributed by atoms with Crippen molar-refractivity contribution in [1.82, 2.24) is 9.97 Å². The van der Waals surface area contributed by atoms with Crippen molar-refractivity contribution in [2.24, 2.45) is 0 Å². The number of ether oxygens (including phenoxy) is 1. The summed E-state index contributed by atoms with van der Waals surface area (Å²) in [7, 11) is 0. The molecule has 4 rings (SSSR count).